The van der Waals surface area contributed by atoms with Crippen molar-refractivity contribution in [3.05, 3.63) is 69.7 Å². The normalized spacial score (nSPS) is 17.0. The highest BCUT2D eigenvalue weighted by Crippen LogP contribution is 2.45. The molecular weight excluding hydrogens is 434 g/mol. The zero-order valence-corrected chi connectivity index (χ0v) is 16.5. The molecule has 2 atom stereocenters. The molecular formula is C20H21BrF2N2O3. The first-order chi connectivity index (χ1) is 13.3. The molecule has 5 nitrogen and oxygen atoms in total. The van der Waals surface area contributed by atoms with Crippen molar-refractivity contribution in [2.75, 3.05) is 6.54 Å². The van der Waals surface area contributed by atoms with Crippen molar-refractivity contribution in [1.29, 1.82) is 0 Å². The summed E-state index contributed by atoms with van der Waals surface area (Å²) < 4.78 is 27.8. The van der Waals surface area contributed by atoms with Crippen molar-refractivity contribution >= 4 is 22.0 Å². The molecule has 3 rings (SSSR count). The first-order valence-corrected chi connectivity index (χ1v) is 9.70. The standard InChI is InChI=1S/C20H21BrF2N2O3/c21-14-3-1-2-13(9-14)20(4-5-20)24-11-18(26)17(25-19(27)28)8-12-6-15(22)10-16(23)7-12/h1-3,6-7,9-10,17-18,24-26H,4-5,8,11H2,(H,27,28)/t17-,18+/m0/s1. The quantitative estimate of drug-likeness (QED) is 0.491. The Hall–Kier alpha value is -2.03. The highest BCUT2D eigenvalue weighted by atomic mass is 79.9. The number of amides is 1. The van der Waals surface area contributed by atoms with Crippen LogP contribution in [-0.4, -0.2) is 35.0 Å². The van der Waals surface area contributed by atoms with Crippen LogP contribution in [0.15, 0.2) is 46.9 Å². The first-order valence-electron chi connectivity index (χ1n) is 8.91. The maximum Gasteiger partial charge on any atom is 0.404 e. The van der Waals surface area contributed by atoms with E-state index in [1.54, 1.807) is 0 Å². The lowest BCUT2D eigenvalue weighted by atomic mass is 9.99. The molecule has 0 heterocycles. The van der Waals surface area contributed by atoms with Crippen LogP contribution in [0.4, 0.5) is 13.6 Å². The molecule has 0 spiro atoms. The fourth-order valence-corrected chi connectivity index (χ4v) is 3.74. The lowest BCUT2D eigenvalue weighted by Gasteiger charge is -2.26. The molecule has 1 aliphatic carbocycles. The average molecular weight is 455 g/mol. The van der Waals surface area contributed by atoms with E-state index in [0.29, 0.717) is 0 Å². The minimum Gasteiger partial charge on any atom is -0.465 e. The molecule has 0 unspecified atom stereocenters. The summed E-state index contributed by atoms with van der Waals surface area (Å²) in [5, 5.41) is 25.2. The summed E-state index contributed by atoms with van der Waals surface area (Å²) >= 11 is 3.45. The molecule has 1 aliphatic rings. The van der Waals surface area contributed by atoms with Crippen molar-refractivity contribution in [3.63, 3.8) is 0 Å². The molecule has 2 aromatic rings. The number of carbonyl (C=O) groups is 1. The molecule has 1 fully saturated rings. The minimum atomic E-state index is -1.31. The number of hydrogen-bond donors (Lipinski definition) is 4. The maximum atomic E-state index is 13.4. The molecule has 8 heteroatoms. The Balaban J connectivity index is 1.68. The topological polar surface area (TPSA) is 81.6 Å². The van der Waals surface area contributed by atoms with Gasteiger partial charge >= 0.3 is 6.09 Å². The third kappa shape index (κ3) is 5.27. The van der Waals surface area contributed by atoms with Crippen molar-refractivity contribution in [2.45, 2.75) is 36.9 Å². The Morgan fingerprint density at radius 1 is 1.18 bits per heavy atom. The van der Waals surface area contributed by atoms with Gasteiger partial charge in [0, 0.05) is 22.6 Å². The third-order valence-electron chi connectivity index (χ3n) is 4.93. The van der Waals surface area contributed by atoms with Crippen LogP contribution in [0, 0.1) is 11.6 Å². The molecule has 0 saturated heterocycles. The molecule has 150 valence electrons. The smallest absolute Gasteiger partial charge is 0.404 e. The maximum absolute atomic E-state index is 13.4. The Morgan fingerprint density at radius 3 is 2.43 bits per heavy atom. The van der Waals surface area contributed by atoms with E-state index in [2.05, 4.69) is 26.6 Å². The van der Waals surface area contributed by atoms with Crippen molar-refractivity contribution in [2.24, 2.45) is 0 Å². The predicted molar refractivity (Wildman–Crippen MR) is 104 cm³/mol. The van der Waals surface area contributed by atoms with Crippen molar-refractivity contribution in [1.82, 2.24) is 10.6 Å². The van der Waals surface area contributed by atoms with Crippen LogP contribution >= 0.6 is 15.9 Å². The van der Waals surface area contributed by atoms with Gasteiger partial charge in [-0.3, -0.25) is 0 Å². The SMILES string of the molecule is O=C(O)N[C@@H](Cc1cc(F)cc(F)c1)[C@H](O)CNC1(c2cccc(Br)c2)CC1. The summed E-state index contributed by atoms with van der Waals surface area (Å²) in [6.07, 6.45) is -0.612. The Kier molecular flexibility index (Phi) is 6.32. The van der Waals surface area contributed by atoms with E-state index in [1.807, 2.05) is 24.3 Å². The highest BCUT2D eigenvalue weighted by molar-refractivity contribution is 9.10. The number of halogens is 3. The average Bonchev–Trinajstić information content (AvgIpc) is 3.39. The van der Waals surface area contributed by atoms with Crippen LogP contribution in [0.3, 0.4) is 0 Å². The minimum absolute atomic E-state index is 0.0340. The van der Waals surface area contributed by atoms with Crippen molar-refractivity contribution in [3.8, 4) is 0 Å². The van der Waals surface area contributed by atoms with Gasteiger partial charge in [0.15, 0.2) is 0 Å². The second kappa shape index (κ2) is 8.55. The van der Waals surface area contributed by atoms with Gasteiger partial charge in [-0.05, 0) is 54.7 Å². The lowest BCUT2D eigenvalue weighted by molar-refractivity contribution is 0.114. The van der Waals surface area contributed by atoms with Gasteiger partial charge in [0.25, 0.3) is 0 Å². The molecule has 1 saturated carbocycles. The van der Waals surface area contributed by atoms with E-state index in [4.69, 9.17) is 5.11 Å². The van der Waals surface area contributed by atoms with E-state index < -0.39 is 29.9 Å². The van der Waals surface area contributed by atoms with Crippen LogP contribution in [0.25, 0.3) is 0 Å². The van der Waals surface area contributed by atoms with E-state index in [9.17, 15) is 18.7 Å². The molecule has 28 heavy (non-hydrogen) atoms. The van der Waals surface area contributed by atoms with Crippen LogP contribution < -0.4 is 10.6 Å². The number of benzene rings is 2. The zero-order valence-electron chi connectivity index (χ0n) is 15.0. The van der Waals surface area contributed by atoms with Gasteiger partial charge in [-0.1, -0.05) is 28.1 Å². The fraction of sp³-hybridized carbons (Fsp3) is 0.350. The summed E-state index contributed by atoms with van der Waals surface area (Å²) in [7, 11) is 0. The highest BCUT2D eigenvalue weighted by Gasteiger charge is 2.44. The Labute approximate surface area is 169 Å². The number of aliphatic hydroxyl groups excluding tert-OH is 1. The number of hydrogen-bond acceptors (Lipinski definition) is 3. The van der Waals surface area contributed by atoms with Gasteiger partial charge in [-0.2, -0.15) is 0 Å². The number of carboxylic acid groups (broad SMARTS) is 1. The molecule has 0 aliphatic heterocycles. The van der Waals surface area contributed by atoms with Crippen LogP contribution in [0.2, 0.25) is 0 Å². The Morgan fingerprint density at radius 2 is 1.86 bits per heavy atom. The molecule has 0 bridgehead atoms. The monoisotopic (exact) mass is 454 g/mol. The summed E-state index contributed by atoms with van der Waals surface area (Å²) in [6, 6.07) is 9.96. The van der Waals surface area contributed by atoms with Gasteiger partial charge in [0.05, 0.1) is 12.1 Å². The Bertz CT molecular complexity index is 841. The molecule has 0 radical (unpaired) electrons. The molecule has 2 aromatic carbocycles. The van der Waals surface area contributed by atoms with E-state index >= 15 is 0 Å². The van der Waals surface area contributed by atoms with Gasteiger partial charge in [-0.25, -0.2) is 13.6 Å². The molecule has 1 amide bonds. The fourth-order valence-electron chi connectivity index (χ4n) is 3.35. The van der Waals surface area contributed by atoms with Gasteiger partial charge in [-0.15, -0.1) is 0 Å². The molecule has 0 aromatic heterocycles. The van der Waals surface area contributed by atoms with Gasteiger partial charge in [0.1, 0.15) is 11.6 Å². The van der Waals surface area contributed by atoms with Gasteiger partial charge < -0.3 is 20.8 Å². The number of rotatable bonds is 8. The predicted octanol–water partition coefficient (Wildman–Crippen LogP) is 3.55. The number of nitrogens with one attached hydrogen (secondary N) is 2. The first kappa shape index (κ1) is 20.7. The van der Waals surface area contributed by atoms with E-state index in [1.165, 1.54) is 0 Å². The van der Waals surface area contributed by atoms with Crippen molar-refractivity contribution < 1.29 is 23.8 Å². The van der Waals surface area contributed by atoms with Crippen LogP contribution in [0.5, 0.6) is 0 Å². The number of aliphatic hydroxyl groups is 1. The van der Waals surface area contributed by atoms with E-state index in [-0.39, 0.29) is 24.1 Å². The second-order valence-electron chi connectivity index (χ2n) is 7.08. The van der Waals surface area contributed by atoms with E-state index in [0.717, 1.165) is 41.1 Å². The summed E-state index contributed by atoms with van der Waals surface area (Å²) in [4.78, 5) is 11.1. The second-order valence-corrected chi connectivity index (χ2v) is 7.99. The summed E-state index contributed by atoms with van der Waals surface area (Å²) in [5.41, 5.74) is 1.11. The van der Waals surface area contributed by atoms with Crippen LogP contribution in [0.1, 0.15) is 24.0 Å². The zero-order chi connectivity index (χ0) is 20.3. The summed E-state index contributed by atoms with van der Waals surface area (Å²) in [6.45, 7) is 0.134. The van der Waals surface area contributed by atoms with Crippen LogP contribution in [-0.2, 0) is 12.0 Å². The summed E-state index contributed by atoms with van der Waals surface area (Å²) in [5.74, 6) is -1.49. The molecule has 4 N–H and O–H groups in total. The largest absolute Gasteiger partial charge is 0.465 e. The lowest BCUT2D eigenvalue weighted by Crippen LogP contribution is -2.49. The van der Waals surface area contributed by atoms with Gasteiger partial charge in [0.2, 0.25) is 0 Å². The third-order valence-corrected chi connectivity index (χ3v) is 5.42.